The number of hydrogen-bond donors (Lipinski definition) is 2. The summed E-state index contributed by atoms with van der Waals surface area (Å²) in [6.45, 7) is 6.33. The maximum absolute atomic E-state index is 11.8. The normalized spacial score (nSPS) is 10.4. The Morgan fingerprint density at radius 3 is 2.83 bits per heavy atom. The number of carbonyl (C=O) groups is 2. The Kier molecular flexibility index (Phi) is 5.81. The molecule has 1 heterocycles. The lowest BCUT2D eigenvalue weighted by molar-refractivity contribution is -0.117. The predicted octanol–water partition coefficient (Wildman–Crippen LogP) is 2.43. The number of imide groups is 1. The number of imidazole rings is 1. The molecule has 122 valence electrons. The molecule has 1 aromatic heterocycles. The SMILES string of the molecule is CCNC(=O)NC(=O)CSc1nccn1-c1cc(C)ccc1C. The van der Waals surface area contributed by atoms with Crippen LogP contribution < -0.4 is 10.6 Å². The minimum atomic E-state index is -0.476. The summed E-state index contributed by atoms with van der Waals surface area (Å²) in [5.41, 5.74) is 3.32. The molecule has 0 saturated heterocycles. The van der Waals surface area contributed by atoms with Crippen LogP contribution in [0.5, 0.6) is 0 Å². The van der Waals surface area contributed by atoms with Gasteiger partial charge in [0.25, 0.3) is 0 Å². The molecule has 2 aromatic rings. The number of aryl methyl sites for hydroxylation is 2. The highest BCUT2D eigenvalue weighted by Gasteiger charge is 2.12. The van der Waals surface area contributed by atoms with Gasteiger partial charge < -0.3 is 5.32 Å². The molecule has 23 heavy (non-hydrogen) atoms. The fourth-order valence-corrected chi connectivity index (χ4v) is 2.82. The number of benzene rings is 1. The first-order chi connectivity index (χ1) is 11.0. The fraction of sp³-hybridized carbons (Fsp3) is 0.312. The highest BCUT2D eigenvalue weighted by atomic mass is 32.2. The van der Waals surface area contributed by atoms with Crippen LogP contribution in [0.1, 0.15) is 18.1 Å². The van der Waals surface area contributed by atoms with E-state index in [1.807, 2.05) is 24.6 Å². The van der Waals surface area contributed by atoms with Gasteiger partial charge in [0.15, 0.2) is 5.16 Å². The summed E-state index contributed by atoms with van der Waals surface area (Å²) in [6, 6.07) is 5.72. The summed E-state index contributed by atoms with van der Waals surface area (Å²) in [5, 5.41) is 5.51. The van der Waals surface area contributed by atoms with Crippen molar-refractivity contribution in [2.24, 2.45) is 0 Å². The topological polar surface area (TPSA) is 76.0 Å². The third-order valence-electron chi connectivity index (χ3n) is 3.15. The standard InChI is InChI=1S/C16H20N4O2S/c1-4-17-15(22)19-14(21)10-23-16-18-7-8-20(16)13-9-11(2)5-6-12(13)3/h5-9H,4,10H2,1-3H3,(H2,17,19,21,22). The van der Waals surface area contributed by atoms with Crippen LogP contribution in [0.15, 0.2) is 35.7 Å². The molecule has 1 aromatic carbocycles. The molecule has 2 rings (SSSR count). The predicted molar refractivity (Wildman–Crippen MR) is 91.0 cm³/mol. The summed E-state index contributed by atoms with van der Waals surface area (Å²) >= 11 is 1.29. The molecule has 0 aliphatic carbocycles. The number of hydrogen-bond acceptors (Lipinski definition) is 4. The van der Waals surface area contributed by atoms with Crippen LogP contribution in [0.2, 0.25) is 0 Å². The van der Waals surface area contributed by atoms with E-state index in [0.29, 0.717) is 11.7 Å². The minimum absolute atomic E-state index is 0.124. The van der Waals surface area contributed by atoms with E-state index in [1.165, 1.54) is 11.8 Å². The third-order valence-corrected chi connectivity index (χ3v) is 4.12. The van der Waals surface area contributed by atoms with Gasteiger partial charge in [-0.2, -0.15) is 0 Å². The van der Waals surface area contributed by atoms with Crippen molar-refractivity contribution in [1.29, 1.82) is 0 Å². The summed E-state index contributed by atoms with van der Waals surface area (Å²) in [4.78, 5) is 27.4. The Hall–Kier alpha value is -2.28. The Bertz CT molecular complexity index is 712. The number of thioether (sulfide) groups is 1. The number of carbonyl (C=O) groups excluding carboxylic acids is 2. The van der Waals surface area contributed by atoms with Crippen molar-refractivity contribution >= 4 is 23.7 Å². The first kappa shape index (κ1) is 17.1. The van der Waals surface area contributed by atoms with Gasteiger partial charge in [0, 0.05) is 18.9 Å². The third kappa shape index (κ3) is 4.59. The molecule has 2 N–H and O–H groups in total. The highest BCUT2D eigenvalue weighted by molar-refractivity contribution is 7.99. The van der Waals surface area contributed by atoms with Gasteiger partial charge in [0.1, 0.15) is 0 Å². The number of rotatable bonds is 5. The first-order valence-electron chi connectivity index (χ1n) is 7.32. The molecular formula is C16H20N4O2S. The van der Waals surface area contributed by atoms with E-state index in [0.717, 1.165) is 16.8 Å². The van der Waals surface area contributed by atoms with Crippen molar-refractivity contribution in [2.75, 3.05) is 12.3 Å². The summed E-state index contributed by atoms with van der Waals surface area (Å²) in [7, 11) is 0. The average molecular weight is 332 g/mol. The molecule has 7 heteroatoms. The van der Waals surface area contributed by atoms with E-state index in [2.05, 4.69) is 33.8 Å². The van der Waals surface area contributed by atoms with Crippen molar-refractivity contribution in [3.05, 3.63) is 41.7 Å². The Labute approximate surface area is 139 Å². The van der Waals surface area contributed by atoms with Crippen molar-refractivity contribution < 1.29 is 9.59 Å². The second kappa shape index (κ2) is 7.82. The van der Waals surface area contributed by atoms with Gasteiger partial charge >= 0.3 is 6.03 Å². The molecule has 0 aliphatic heterocycles. The highest BCUT2D eigenvalue weighted by Crippen LogP contribution is 2.23. The zero-order valence-corrected chi connectivity index (χ0v) is 14.2. The molecule has 0 unspecified atom stereocenters. The van der Waals surface area contributed by atoms with Gasteiger partial charge in [-0.3, -0.25) is 14.7 Å². The molecule has 0 spiro atoms. The zero-order valence-electron chi connectivity index (χ0n) is 13.4. The Balaban J connectivity index is 2.06. The number of urea groups is 1. The second-order valence-corrected chi connectivity index (χ2v) is 6.01. The van der Waals surface area contributed by atoms with Crippen molar-refractivity contribution in [3.63, 3.8) is 0 Å². The van der Waals surface area contributed by atoms with Gasteiger partial charge in [-0.1, -0.05) is 23.9 Å². The lowest BCUT2D eigenvalue weighted by atomic mass is 10.1. The van der Waals surface area contributed by atoms with Gasteiger partial charge in [-0.05, 0) is 38.0 Å². The van der Waals surface area contributed by atoms with Crippen LogP contribution in [-0.2, 0) is 4.79 Å². The first-order valence-corrected chi connectivity index (χ1v) is 8.31. The maximum atomic E-state index is 11.8. The summed E-state index contributed by atoms with van der Waals surface area (Å²) in [5.74, 6) is -0.226. The minimum Gasteiger partial charge on any atom is -0.338 e. The quantitative estimate of drug-likeness (QED) is 0.825. The van der Waals surface area contributed by atoms with Crippen LogP contribution in [0.3, 0.4) is 0 Å². The van der Waals surface area contributed by atoms with E-state index in [9.17, 15) is 9.59 Å². The largest absolute Gasteiger partial charge is 0.338 e. The summed E-state index contributed by atoms with van der Waals surface area (Å²) < 4.78 is 1.95. The van der Waals surface area contributed by atoms with E-state index >= 15 is 0 Å². The van der Waals surface area contributed by atoms with E-state index < -0.39 is 6.03 Å². The summed E-state index contributed by atoms with van der Waals surface area (Å²) in [6.07, 6.45) is 3.57. The molecule has 0 radical (unpaired) electrons. The Morgan fingerprint density at radius 2 is 2.09 bits per heavy atom. The molecule has 0 bridgehead atoms. The Morgan fingerprint density at radius 1 is 1.30 bits per heavy atom. The van der Waals surface area contributed by atoms with Crippen molar-refractivity contribution in [1.82, 2.24) is 20.2 Å². The van der Waals surface area contributed by atoms with Crippen LogP contribution in [-0.4, -0.2) is 33.8 Å². The van der Waals surface area contributed by atoms with Crippen molar-refractivity contribution in [2.45, 2.75) is 25.9 Å². The number of amides is 3. The van der Waals surface area contributed by atoms with Gasteiger partial charge in [-0.25, -0.2) is 9.78 Å². The molecule has 0 fully saturated rings. The monoisotopic (exact) mass is 332 g/mol. The molecule has 6 nitrogen and oxygen atoms in total. The number of aromatic nitrogens is 2. The molecular weight excluding hydrogens is 312 g/mol. The zero-order chi connectivity index (χ0) is 16.8. The lowest BCUT2D eigenvalue weighted by Crippen LogP contribution is -2.40. The van der Waals surface area contributed by atoms with E-state index in [4.69, 9.17) is 0 Å². The lowest BCUT2D eigenvalue weighted by Gasteiger charge is -2.11. The van der Waals surface area contributed by atoms with Crippen LogP contribution >= 0.6 is 11.8 Å². The second-order valence-electron chi connectivity index (χ2n) is 5.07. The van der Waals surface area contributed by atoms with Crippen LogP contribution in [0, 0.1) is 13.8 Å². The number of nitrogens with one attached hydrogen (secondary N) is 2. The number of nitrogens with zero attached hydrogens (tertiary/aromatic N) is 2. The van der Waals surface area contributed by atoms with Crippen LogP contribution in [0.4, 0.5) is 4.79 Å². The maximum Gasteiger partial charge on any atom is 0.321 e. The molecule has 0 atom stereocenters. The van der Waals surface area contributed by atoms with Crippen molar-refractivity contribution in [3.8, 4) is 5.69 Å². The van der Waals surface area contributed by atoms with Gasteiger partial charge in [-0.15, -0.1) is 0 Å². The van der Waals surface area contributed by atoms with E-state index in [-0.39, 0.29) is 11.7 Å². The molecule has 3 amide bonds. The molecule has 0 aliphatic rings. The van der Waals surface area contributed by atoms with Gasteiger partial charge in [0.2, 0.25) is 5.91 Å². The van der Waals surface area contributed by atoms with E-state index in [1.54, 1.807) is 13.1 Å². The smallest absolute Gasteiger partial charge is 0.321 e. The average Bonchev–Trinajstić information content (AvgIpc) is 2.96. The van der Waals surface area contributed by atoms with Gasteiger partial charge in [0.05, 0.1) is 11.4 Å². The molecule has 0 saturated carbocycles. The van der Waals surface area contributed by atoms with Crippen LogP contribution in [0.25, 0.3) is 5.69 Å². The fourth-order valence-electron chi connectivity index (χ4n) is 2.06.